The Hall–Kier alpha value is -3.56. The van der Waals surface area contributed by atoms with Gasteiger partial charge < -0.3 is 9.84 Å². The third-order valence-corrected chi connectivity index (χ3v) is 5.25. The standard InChI is InChI=1S/C25H19F7O3/c1-14-10-17(21(23(33)34)11-15-2-8-19(26)9-3-15)12-20(22(14)35-13-24(27,28)29)16-4-6-18(7-5-16)25(30,31)32/h2-10,12,21H,11,13H2,1H3,(H,33,34). The normalized spacial score (nSPS) is 12.9. The lowest BCUT2D eigenvalue weighted by atomic mass is 9.88. The number of aryl methyl sites for hydroxylation is 1. The molecule has 0 fully saturated rings. The zero-order valence-electron chi connectivity index (χ0n) is 18.2. The maximum Gasteiger partial charge on any atom is 0.422 e. The van der Waals surface area contributed by atoms with E-state index >= 15 is 0 Å². The van der Waals surface area contributed by atoms with Gasteiger partial charge in [0.05, 0.1) is 11.5 Å². The highest BCUT2D eigenvalue weighted by Crippen LogP contribution is 2.39. The minimum atomic E-state index is -4.67. The molecular weight excluding hydrogens is 481 g/mol. The quantitative estimate of drug-likeness (QED) is 0.350. The number of hydrogen-bond acceptors (Lipinski definition) is 2. The van der Waals surface area contributed by atoms with E-state index in [0.717, 1.165) is 24.3 Å². The monoisotopic (exact) mass is 500 g/mol. The Kier molecular flexibility index (Phi) is 7.42. The zero-order chi connectivity index (χ0) is 26.0. The predicted octanol–water partition coefficient (Wildman–Crippen LogP) is 7.17. The maximum atomic E-state index is 13.2. The van der Waals surface area contributed by atoms with E-state index < -0.39 is 42.2 Å². The minimum absolute atomic E-state index is 0.0170. The Morgan fingerprint density at radius 3 is 2.06 bits per heavy atom. The number of carboxylic acids is 1. The van der Waals surface area contributed by atoms with Gasteiger partial charge in [-0.3, -0.25) is 4.79 Å². The first kappa shape index (κ1) is 26.1. The van der Waals surface area contributed by atoms with Crippen molar-refractivity contribution in [3.63, 3.8) is 0 Å². The lowest BCUT2D eigenvalue weighted by Gasteiger charge is -2.20. The Bertz CT molecular complexity index is 1180. The molecule has 1 N–H and O–H groups in total. The molecule has 3 rings (SSSR count). The van der Waals surface area contributed by atoms with E-state index in [2.05, 4.69) is 0 Å². The Morgan fingerprint density at radius 1 is 0.943 bits per heavy atom. The highest BCUT2D eigenvalue weighted by Gasteiger charge is 2.32. The van der Waals surface area contributed by atoms with Crippen LogP contribution in [0.1, 0.15) is 28.2 Å². The van der Waals surface area contributed by atoms with Crippen LogP contribution in [0.15, 0.2) is 60.7 Å². The summed E-state index contributed by atoms with van der Waals surface area (Å²) >= 11 is 0. The fourth-order valence-electron chi connectivity index (χ4n) is 3.61. The summed E-state index contributed by atoms with van der Waals surface area (Å²) in [5.74, 6) is -3.14. The molecule has 3 aromatic rings. The molecule has 0 aliphatic heterocycles. The van der Waals surface area contributed by atoms with Gasteiger partial charge in [-0.25, -0.2) is 4.39 Å². The topological polar surface area (TPSA) is 46.5 Å². The molecule has 0 saturated carbocycles. The van der Waals surface area contributed by atoms with E-state index in [-0.39, 0.29) is 34.4 Å². The Balaban J connectivity index is 2.10. The first-order chi connectivity index (χ1) is 16.2. The van der Waals surface area contributed by atoms with Gasteiger partial charge in [-0.1, -0.05) is 30.3 Å². The molecule has 0 amide bonds. The Morgan fingerprint density at radius 2 is 1.54 bits per heavy atom. The Labute approximate surface area is 195 Å². The van der Waals surface area contributed by atoms with Gasteiger partial charge in [0.1, 0.15) is 11.6 Å². The summed E-state index contributed by atoms with van der Waals surface area (Å²) in [5, 5.41) is 9.82. The minimum Gasteiger partial charge on any atom is -0.483 e. The molecule has 0 heterocycles. The van der Waals surface area contributed by atoms with Gasteiger partial charge in [0.15, 0.2) is 6.61 Å². The summed E-state index contributed by atoms with van der Waals surface area (Å²) in [6.07, 6.45) is -9.34. The highest BCUT2D eigenvalue weighted by atomic mass is 19.4. The molecule has 186 valence electrons. The van der Waals surface area contributed by atoms with Crippen LogP contribution in [0.2, 0.25) is 0 Å². The van der Waals surface area contributed by atoms with E-state index in [0.29, 0.717) is 5.56 Å². The van der Waals surface area contributed by atoms with Crippen LogP contribution in [0.25, 0.3) is 11.1 Å². The predicted molar refractivity (Wildman–Crippen MR) is 114 cm³/mol. The average Bonchev–Trinajstić information content (AvgIpc) is 2.76. The fraction of sp³-hybridized carbons (Fsp3) is 0.240. The van der Waals surface area contributed by atoms with Gasteiger partial charge in [-0.15, -0.1) is 0 Å². The molecule has 3 aromatic carbocycles. The van der Waals surface area contributed by atoms with Crippen molar-refractivity contribution in [3.8, 4) is 16.9 Å². The molecule has 10 heteroatoms. The van der Waals surface area contributed by atoms with Crippen LogP contribution in [-0.2, 0) is 17.4 Å². The molecule has 0 radical (unpaired) electrons. The molecule has 3 nitrogen and oxygen atoms in total. The highest BCUT2D eigenvalue weighted by molar-refractivity contribution is 5.80. The summed E-state index contributed by atoms with van der Waals surface area (Å²) in [4.78, 5) is 12.0. The largest absolute Gasteiger partial charge is 0.483 e. The SMILES string of the molecule is Cc1cc(C(Cc2ccc(F)cc2)C(=O)O)cc(-c2ccc(C(F)(F)F)cc2)c1OCC(F)(F)F. The van der Waals surface area contributed by atoms with Crippen LogP contribution in [0, 0.1) is 12.7 Å². The van der Waals surface area contributed by atoms with E-state index in [1.54, 1.807) is 0 Å². The lowest BCUT2D eigenvalue weighted by molar-refractivity contribution is -0.153. The number of alkyl halides is 6. The molecule has 0 aliphatic rings. The van der Waals surface area contributed by atoms with Gasteiger partial charge in [-0.05, 0) is 65.9 Å². The van der Waals surface area contributed by atoms with E-state index in [9.17, 15) is 40.6 Å². The summed E-state index contributed by atoms with van der Waals surface area (Å²) < 4.78 is 95.6. The number of halogens is 7. The van der Waals surface area contributed by atoms with Crippen LogP contribution >= 0.6 is 0 Å². The van der Waals surface area contributed by atoms with Gasteiger partial charge in [0.2, 0.25) is 0 Å². The summed E-state index contributed by atoms with van der Waals surface area (Å²) in [5.41, 5.74) is 0.0616. The lowest BCUT2D eigenvalue weighted by Crippen LogP contribution is -2.20. The number of carboxylic acid groups (broad SMARTS) is 1. The van der Waals surface area contributed by atoms with Crippen LogP contribution < -0.4 is 4.74 Å². The van der Waals surface area contributed by atoms with Crippen molar-refractivity contribution in [3.05, 3.63) is 88.7 Å². The van der Waals surface area contributed by atoms with Crippen LogP contribution in [0.4, 0.5) is 30.7 Å². The van der Waals surface area contributed by atoms with Gasteiger partial charge in [0, 0.05) is 5.56 Å². The van der Waals surface area contributed by atoms with E-state index in [1.807, 2.05) is 0 Å². The number of benzene rings is 3. The second-order valence-electron chi connectivity index (χ2n) is 7.91. The summed E-state index contributed by atoms with van der Waals surface area (Å²) in [7, 11) is 0. The molecule has 0 bridgehead atoms. The number of aliphatic carboxylic acids is 1. The smallest absolute Gasteiger partial charge is 0.422 e. The van der Waals surface area contributed by atoms with Gasteiger partial charge in [0.25, 0.3) is 0 Å². The average molecular weight is 500 g/mol. The third kappa shape index (κ3) is 6.74. The number of ether oxygens (including phenoxy) is 1. The number of hydrogen-bond donors (Lipinski definition) is 1. The van der Waals surface area contributed by atoms with Crippen molar-refractivity contribution in [2.75, 3.05) is 6.61 Å². The molecular formula is C25H19F7O3. The van der Waals surface area contributed by atoms with Gasteiger partial charge >= 0.3 is 18.3 Å². The number of carbonyl (C=O) groups is 1. The van der Waals surface area contributed by atoms with Gasteiger partial charge in [-0.2, -0.15) is 26.3 Å². The van der Waals surface area contributed by atoms with Crippen molar-refractivity contribution in [1.29, 1.82) is 0 Å². The summed E-state index contributed by atoms with van der Waals surface area (Å²) in [6.45, 7) is -0.224. The third-order valence-electron chi connectivity index (χ3n) is 5.25. The molecule has 0 spiro atoms. The molecule has 0 saturated heterocycles. The van der Waals surface area contributed by atoms with Crippen molar-refractivity contribution >= 4 is 5.97 Å². The maximum absolute atomic E-state index is 13.2. The molecule has 1 unspecified atom stereocenters. The molecule has 1 atom stereocenters. The van der Waals surface area contributed by atoms with Crippen molar-refractivity contribution in [1.82, 2.24) is 0 Å². The first-order valence-electron chi connectivity index (χ1n) is 10.2. The van der Waals surface area contributed by atoms with Crippen molar-refractivity contribution in [2.45, 2.75) is 31.6 Å². The molecule has 35 heavy (non-hydrogen) atoms. The molecule has 0 aromatic heterocycles. The van der Waals surface area contributed by atoms with Crippen molar-refractivity contribution in [2.24, 2.45) is 0 Å². The fourth-order valence-corrected chi connectivity index (χ4v) is 3.61. The summed E-state index contributed by atoms with van der Waals surface area (Å²) in [6, 6.07) is 11.5. The second-order valence-corrected chi connectivity index (χ2v) is 7.91. The van der Waals surface area contributed by atoms with E-state index in [1.165, 1.54) is 43.3 Å². The van der Waals surface area contributed by atoms with Crippen LogP contribution in [0.5, 0.6) is 5.75 Å². The van der Waals surface area contributed by atoms with E-state index in [4.69, 9.17) is 4.74 Å². The number of rotatable bonds is 7. The van der Waals surface area contributed by atoms with Crippen LogP contribution in [-0.4, -0.2) is 23.9 Å². The first-order valence-corrected chi connectivity index (χ1v) is 10.2. The van der Waals surface area contributed by atoms with Crippen molar-refractivity contribution < 1.29 is 45.4 Å². The second kappa shape index (κ2) is 9.97. The van der Waals surface area contributed by atoms with Crippen LogP contribution in [0.3, 0.4) is 0 Å². The zero-order valence-corrected chi connectivity index (χ0v) is 18.2. The molecule has 0 aliphatic carbocycles.